The van der Waals surface area contributed by atoms with Gasteiger partial charge in [-0.15, -0.1) is 0 Å². The second-order valence-electron chi connectivity index (χ2n) is 6.46. The van der Waals surface area contributed by atoms with Crippen LogP contribution in [0.3, 0.4) is 0 Å². The van der Waals surface area contributed by atoms with Gasteiger partial charge in [0, 0.05) is 7.05 Å². The predicted molar refractivity (Wildman–Crippen MR) is 97.8 cm³/mol. The summed E-state index contributed by atoms with van der Waals surface area (Å²) in [6.45, 7) is 12.4. The minimum atomic E-state index is -0.251. The second kappa shape index (κ2) is 7.00. The molecule has 0 aliphatic carbocycles. The molecule has 0 bridgehead atoms. The molecule has 126 valence electrons. The monoisotopic (exact) mass is 333 g/mol. The Morgan fingerprint density at radius 3 is 2.04 bits per heavy atom. The molecule has 0 saturated carbocycles. The average molecular weight is 333 g/mol. The van der Waals surface area contributed by atoms with Crippen LogP contribution in [0.2, 0.25) is 0 Å². The Balaban J connectivity index is 2.56. The van der Waals surface area contributed by atoms with Crippen LogP contribution in [0.5, 0.6) is 5.75 Å². The van der Waals surface area contributed by atoms with Crippen LogP contribution < -0.4 is 0 Å². The number of nitrogens with zero attached hydrogens (tertiary/aromatic N) is 1. The number of hydrogen-bond donors (Lipinski definition) is 1. The summed E-state index contributed by atoms with van der Waals surface area (Å²) in [6, 6.07) is 4.02. The van der Waals surface area contributed by atoms with E-state index in [0.717, 1.165) is 34.6 Å². The van der Waals surface area contributed by atoms with Crippen LogP contribution in [0, 0.1) is 0 Å². The number of benzene rings is 1. The first-order chi connectivity index (χ1) is 10.8. The van der Waals surface area contributed by atoms with Gasteiger partial charge in [-0.25, -0.2) is 0 Å². The standard InChI is InChI=1S/C19H27NO2S/c1-7-11(3)15-9-14(10-16(17(15)21)12(4)8-2)18-19(22)20(6)13(5)23-18/h9-12,18,21H,5,7-8H2,1-4,6H3. The molecular formula is C19H27NO2S. The van der Waals surface area contributed by atoms with Gasteiger partial charge in [0.05, 0.1) is 5.03 Å². The topological polar surface area (TPSA) is 40.5 Å². The normalized spacial score (nSPS) is 20.9. The van der Waals surface area contributed by atoms with Crippen molar-refractivity contribution in [2.45, 2.75) is 57.6 Å². The van der Waals surface area contributed by atoms with Gasteiger partial charge in [0.2, 0.25) is 5.91 Å². The Kier molecular flexibility index (Phi) is 5.45. The van der Waals surface area contributed by atoms with Gasteiger partial charge in [-0.3, -0.25) is 4.79 Å². The van der Waals surface area contributed by atoms with Crippen molar-refractivity contribution in [1.82, 2.24) is 4.90 Å². The first kappa shape index (κ1) is 17.9. The first-order valence-corrected chi connectivity index (χ1v) is 9.19. The van der Waals surface area contributed by atoms with Gasteiger partial charge in [-0.05, 0) is 41.4 Å². The molecule has 1 aromatic rings. The van der Waals surface area contributed by atoms with E-state index in [1.807, 2.05) is 12.1 Å². The summed E-state index contributed by atoms with van der Waals surface area (Å²) in [4.78, 5) is 14.1. The fourth-order valence-corrected chi connectivity index (χ4v) is 3.87. The molecular weight excluding hydrogens is 306 g/mol. The predicted octanol–water partition coefficient (Wildman–Crippen LogP) is 5.14. The zero-order chi connectivity index (χ0) is 17.3. The molecule has 1 aliphatic heterocycles. The van der Waals surface area contributed by atoms with Crippen molar-refractivity contribution < 1.29 is 9.90 Å². The van der Waals surface area contributed by atoms with Crippen molar-refractivity contribution in [2.24, 2.45) is 0 Å². The van der Waals surface area contributed by atoms with E-state index >= 15 is 0 Å². The first-order valence-electron chi connectivity index (χ1n) is 8.31. The maximum absolute atomic E-state index is 12.5. The van der Waals surface area contributed by atoms with Crippen molar-refractivity contribution in [1.29, 1.82) is 0 Å². The molecule has 0 spiro atoms. The van der Waals surface area contributed by atoms with Gasteiger partial charge in [0.25, 0.3) is 0 Å². The lowest BCUT2D eigenvalue weighted by Gasteiger charge is -2.21. The summed E-state index contributed by atoms with van der Waals surface area (Å²) in [7, 11) is 1.77. The molecule has 3 nitrogen and oxygen atoms in total. The van der Waals surface area contributed by atoms with Crippen LogP contribution >= 0.6 is 11.8 Å². The molecule has 2 rings (SSSR count). The van der Waals surface area contributed by atoms with E-state index in [9.17, 15) is 9.90 Å². The number of phenolic OH excluding ortho intramolecular Hbond substituents is 1. The Morgan fingerprint density at radius 1 is 1.22 bits per heavy atom. The van der Waals surface area contributed by atoms with Crippen LogP contribution in [0.1, 0.15) is 74.3 Å². The fraction of sp³-hybridized carbons (Fsp3) is 0.526. The van der Waals surface area contributed by atoms with Crippen molar-refractivity contribution in [3.63, 3.8) is 0 Å². The summed E-state index contributed by atoms with van der Waals surface area (Å²) in [5, 5.41) is 11.2. The Morgan fingerprint density at radius 2 is 1.70 bits per heavy atom. The van der Waals surface area contributed by atoms with Crippen LogP contribution in [-0.2, 0) is 4.79 Å². The number of rotatable bonds is 5. The number of thioether (sulfide) groups is 1. The number of phenols is 1. The Hall–Kier alpha value is -1.42. The van der Waals surface area contributed by atoms with Crippen molar-refractivity contribution >= 4 is 17.7 Å². The molecule has 1 aromatic carbocycles. The van der Waals surface area contributed by atoms with Gasteiger partial charge < -0.3 is 10.0 Å². The van der Waals surface area contributed by atoms with Crippen LogP contribution in [-0.4, -0.2) is 23.0 Å². The van der Waals surface area contributed by atoms with Crippen molar-refractivity contribution in [3.05, 3.63) is 40.4 Å². The van der Waals surface area contributed by atoms with E-state index in [4.69, 9.17) is 0 Å². The number of carbonyl (C=O) groups is 1. The highest BCUT2D eigenvalue weighted by Gasteiger charge is 2.35. The summed E-state index contributed by atoms with van der Waals surface area (Å²) in [5.74, 6) is 0.997. The van der Waals surface area contributed by atoms with Gasteiger partial charge in [0.15, 0.2) is 0 Å². The third-order valence-electron chi connectivity index (χ3n) is 4.96. The number of hydrogen-bond acceptors (Lipinski definition) is 3. The molecule has 1 heterocycles. The van der Waals surface area contributed by atoms with Gasteiger partial charge in [-0.2, -0.15) is 0 Å². The van der Waals surface area contributed by atoms with Crippen molar-refractivity contribution in [3.8, 4) is 5.75 Å². The van der Waals surface area contributed by atoms with Crippen LogP contribution in [0.15, 0.2) is 23.7 Å². The summed E-state index contributed by atoms with van der Waals surface area (Å²) < 4.78 is 0. The number of carbonyl (C=O) groups excluding carboxylic acids is 1. The molecule has 3 unspecified atom stereocenters. The average Bonchev–Trinajstić information content (AvgIpc) is 2.81. The van der Waals surface area contributed by atoms with E-state index in [2.05, 4.69) is 34.3 Å². The highest BCUT2D eigenvalue weighted by atomic mass is 32.2. The Bertz CT molecular complexity index is 595. The quantitative estimate of drug-likeness (QED) is 0.811. The maximum atomic E-state index is 12.5. The zero-order valence-corrected chi connectivity index (χ0v) is 15.5. The minimum Gasteiger partial charge on any atom is -0.507 e. The molecule has 3 atom stereocenters. The van der Waals surface area contributed by atoms with Gasteiger partial charge in [0.1, 0.15) is 11.0 Å². The van der Waals surface area contributed by atoms with Crippen molar-refractivity contribution in [2.75, 3.05) is 7.05 Å². The lowest BCUT2D eigenvalue weighted by molar-refractivity contribution is -0.126. The number of amides is 1. The van der Waals surface area contributed by atoms with Crippen LogP contribution in [0.25, 0.3) is 0 Å². The Labute approximate surface area is 143 Å². The lowest BCUT2D eigenvalue weighted by Crippen LogP contribution is -2.20. The molecule has 23 heavy (non-hydrogen) atoms. The molecule has 1 aliphatic rings. The molecule has 0 aromatic heterocycles. The largest absolute Gasteiger partial charge is 0.507 e. The molecule has 4 heteroatoms. The molecule has 1 amide bonds. The number of aromatic hydroxyl groups is 1. The molecule has 1 N–H and O–H groups in total. The summed E-state index contributed by atoms with van der Waals surface area (Å²) >= 11 is 1.50. The van der Waals surface area contributed by atoms with E-state index in [1.54, 1.807) is 11.9 Å². The molecule has 1 fully saturated rings. The van der Waals surface area contributed by atoms with E-state index < -0.39 is 0 Å². The molecule has 1 saturated heterocycles. The zero-order valence-electron chi connectivity index (χ0n) is 14.7. The highest BCUT2D eigenvalue weighted by Crippen LogP contribution is 2.46. The SMILES string of the molecule is C=C1SC(c2cc(C(C)CC)c(O)c(C(C)CC)c2)C(=O)N1C. The minimum absolute atomic E-state index is 0.0656. The highest BCUT2D eigenvalue weighted by molar-refractivity contribution is 8.04. The second-order valence-corrected chi connectivity index (χ2v) is 7.63. The lowest BCUT2D eigenvalue weighted by atomic mass is 9.87. The van der Waals surface area contributed by atoms with E-state index in [-0.39, 0.29) is 23.0 Å². The van der Waals surface area contributed by atoms with Gasteiger partial charge >= 0.3 is 0 Å². The van der Waals surface area contributed by atoms with E-state index in [1.165, 1.54) is 11.8 Å². The third kappa shape index (κ3) is 3.27. The summed E-state index contributed by atoms with van der Waals surface area (Å²) in [5.41, 5.74) is 2.89. The van der Waals surface area contributed by atoms with E-state index in [0.29, 0.717) is 5.75 Å². The molecule has 0 radical (unpaired) electrons. The fourth-order valence-electron chi connectivity index (χ4n) is 2.82. The maximum Gasteiger partial charge on any atom is 0.245 e. The third-order valence-corrected chi connectivity index (χ3v) is 6.22. The van der Waals surface area contributed by atoms with Gasteiger partial charge in [-0.1, -0.05) is 58.2 Å². The number of likely N-dealkylation sites (N-methyl/N-ethyl adjacent to an activating group) is 1. The smallest absolute Gasteiger partial charge is 0.245 e. The van der Waals surface area contributed by atoms with Crippen LogP contribution in [0.4, 0.5) is 0 Å². The summed E-state index contributed by atoms with van der Waals surface area (Å²) in [6.07, 6.45) is 1.91.